The minimum atomic E-state index is -4.24. The molecule has 10 heteroatoms. The summed E-state index contributed by atoms with van der Waals surface area (Å²) < 4.78 is 45.8. The highest BCUT2D eigenvalue weighted by molar-refractivity contribution is 8.06. The molecule has 8 nitrogen and oxygen atoms in total. The first-order chi connectivity index (χ1) is 7.53. The van der Waals surface area contributed by atoms with Crippen molar-refractivity contribution in [2.45, 2.75) is 18.6 Å². The first kappa shape index (κ1) is 14.4. The van der Waals surface area contributed by atoms with Gasteiger partial charge in [0.2, 0.25) is 10.0 Å². The van der Waals surface area contributed by atoms with Crippen LogP contribution in [0.25, 0.3) is 0 Å². The number of sulfone groups is 1. The number of aliphatic hydroxyl groups excluding tert-OH is 1. The lowest BCUT2D eigenvalue weighted by Crippen LogP contribution is -2.42. The molecule has 0 aromatic carbocycles. The Morgan fingerprint density at radius 1 is 1.35 bits per heavy atom. The van der Waals surface area contributed by atoms with E-state index >= 15 is 0 Å². The van der Waals surface area contributed by atoms with Gasteiger partial charge >= 0.3 is 5.97 Å². The lowest BCUT2D eigenvalue weighted by atomic mass is 10.2. The average molecular weight is 287 g/mol. The van der Waals surface area contributed by atoms with Crippen molar-refractivity contribution in [2.24, 2.45) is 0 Å². The van der Waals surface area contributed by atoms with Crippen LogP contribution >= 0.6 is 0 Å². The Hall–Kier alpha value is -0.710. The van der Waals surface area contributed by atoms with Gasteiger partial charge in [-0.15, -0.1) is 0 Å². The Morgan fingerprint density at radius 3 is 2.29 bits per heavy atom. The quantitative estimate of drug-likeness (QED) is 0.602. The second kappa shape index (κ2) is 4.52. The van der Waals surface area contributed by atoms with Crippen molar-refractivity contribution in [1.29, 1.82) is 0 Å². The van der Waals surface area contributed by atoms with Crippen molar-refractivity contribution in [1.82, 2.24) is 4.31 Å². The number of nitrogens with zero attached hydrogens (tertiary/aromatic N) is 1. The molecular weight excluding hydrogens is 274 g/mol. The van der Waals surface area contributed by atoms with Crippen molar-refractivity contribution < 1.29 is 31.8 Å². The first-order valence-corrected chi connectivity index (χ1v) is 8.28. The SMILES string of the molecule is CS(=O)(=O)CS(=O)(=O)N1CC(O)C[C@H]1C(=O)O. The van der Waals surface area contributed by atoms with Crippen molar-refractivity contribution in [3.8, 4) is 0 Å². The standard InChI is InChI=1S/C7H13NO7S2/c1-16(12,13)4-17(14,15)8-3-5(9)2-6(8)7(10)11/h5-6,9H,2-4H2,1H3,(H,10,11)/t5?,6-/m0/s1. The molecule has 0 bridgehead atoms. The molecule has 0 aliphatic carbocycles. The van der Waals surface area contributed by atoms with E-state index in [9.17, 15) is 26.7 Å². The zero-order chi connectivity index (χ0) is 13.4. The lowest BCUT2D eigenvalue weighted by molar-refractivity contribution is -0.140. The van der Waals surface area contributed by atoms with Gasteiger partial charge in [0, 0.05) is 19.2 Å². The number of hydrogen-bond acceptors (Lipinski definition) is 6. The molecule has 1 fully saturated rings. The van der Waals surface area contributed by atoms with Gasteiger partial charge in [0.1, 0.15) is 6.04 Å². The van der Waals surface area contributed by atoms with Crippen LogP contribution < -0.4 is 0 Å². The molecule has 1 aliphatic rings. The highest BCUT2D eigenvalue weighted by Crippen LogP contribution is 2.22. The summed E-state index contributed by atoms with van der Waals surface area (Å²) in [6, 6.07) is -1.41. The number of rotatable bonds is 4. The van der Waals surface area contributed by atoms with E-state index in [4.69, 9.17) is 5.11 Å². The maximum absolute atomic E-state index is 11.7. The van der Waals surface area contributed by atoms with Gasteiger partial charge in [0.15, 0.2) is 14.9 Å². The highest BCUT2D eigenvalue weighted by Gasteiger charge is 2.43. The number of hydrogen-bond donors (Lipinski definition) is 2. The van der Waals surface area contributed by atoms with Crippen LogP contribution in [0.5, 0.6) is 0 Å². The largest absolute Gasteiger partial charge is 0.480 e. The molecule has 100 valence electrons. The summed E-state index contributed by atoms with van der Waals surface area (Å²) in [6.45, 7) is -0.394. The second-order valence-electron chi connectivity index (χ2n) is 3.97. The molecule has 0 aromatic rings. The summed E-state index contributed by atoms with van der Waals surface area (Å²) in [4.78, 5) is 10.8. The Bertz CT molecular complexity index is 508. The second-order valence-corrected chi connectivity index (χ2v) is 8.40. The molecule has 0 spiro atoms. The predicted octanol–water partition coefficient (Wildman–Crippen LogP) is -2.16. The molecule has 1 heterocycles. The van der Waals surface area contributed by atoms with Crippen LogP contribution in [0.1, 0.15) is 6.42 Å². The number of carbonyl (C=O) groups is 1. The van der Waals surface area contributed by atoms with Gasteiger partial charge in [-0.2, -0.15) is 4.31 Å². The molecule has 2 atom stereocenters. The van der Waals surface area contributed by atoms with Gasteiger partial charge in [-0.25, -0.2) is 16.8 Å². The summed E-state index contributed by atoms with van der Waals surface area (Å²) in [5, 5.41) is 16.9. The molecule has 1 unspecified atom stereocenters. The first-order valence-electron chi connectivity index (χ1n) is 4.61. The molecule has 17 heavy (non-hydrogen) atoms. The molecule has 0 radical (unpaired) electrons. The molecule has 1 aliphatic heterocycles. The molecule has 2 N–H and O–H groups in total. The molecular formula is C7H13NO7S2. The maximum Gasteiger partial charge on any atom is 0.322 e. The van der Waals surface area contributed by atoms with Crippen LogP contribution in [0.15, 0.2) is 0 Å². The van der Waals surface area contributed by atoms with Crippen LogP contribution in [-0.4, -0.2) is 67.4 Å². The third-order valence-corrected chi connectivity index (χ3v) is 6.26. The normalized spacial score (nSPS) is 27.2. The third-order valence-electron chi connectivity index (χ3n) is 2.24. The lowest BCUT2D eigenvalue weighted by Gasteiger charge is -2.19. The van der Waals surface area contributed by atoms with E-state index in [1.807, 2.05) is 0 Å². The van der Waals surface area contributed by atoms with E-state index in [0.29, 0.717) is 4.31 Å². The number of aliphatic hydroxyl groups is 1. The number of β-amino-alcohol motifs (C(OH)–C–C–N with tert-alkyl or cyclic N) is 1. The molecule has 0 saturated carbocycles. The van der Waals surface area contributed by atoms with Gasteiger partial charge in [-0.05, 0) is 0 Å². The Morgan fingerprint density at radius 2 is 1.88 bits per heavy atom. The average Bonchev–Trinajstić information content (AvgIpc) is 2.43. The fourth-order valence-electron chi connectivity index (χ4n) is 1.65. The molecule has 0 aromatic heterocycles. The highest BCUT2D eigenvalue weighted by atomic mass is 32.3. The molecule has 0 amide bonds. The monoisotopic (exact) mass is 287 g/mol. The summed E-state index contributed by atoms with van der Waals surface area (Å²) in [5.41, 5.74) is 0. The smallest absolute Gasteiger partial charge is 0.322 e. The van der Waals surface area contributed by atoms with Gasteiger partial charge in [-0.3, -0.25) is 4.79 Å². The van der Waals surface area contributed by atoms with Gasteiger partial charge in [0.25, 0.3) is 0 Å². The van der Waals surface area contributed by atoms with Crippen LogP contribution in [0.4, 0.5) is 0 Å². The van der Waals surface area contributed by atoms with Crippen molar-refractivity contribution in [2.75, 3.05) is 17.9 Å². The number of carboxylic acid groups (broad SMARTS) is 1. The van der Waals surface area contributed by atoms with E-state index in [0.717, 1.165) is 6.26 Å². The summed E-state index contributed by atoms with van der Waals surface area (Å²) in [6.07, 6.45) is -0.587. The zero-order valence-electron chi connectivity index (χ0n) is 8.98. The van der Waals surface area contributed by atoms with Crippen LogP contribution in [0.3, 0.4) is 0 Å². The summed E-state index contributed by atoms with van der Waals surface area (Å²) in [5.74, 6) is -1.40. The van der Waals surface area contributed by atoms with Crippen LogP contribution in [0.2, 0.25) is 0 Å². The fraction of sp³-hybridized carbons (Fsp3) is 0.857. The van der Waals surface area contributed by atoms with Crippen LogP contribution in [-0.2, 0) is 24.7 Å². The number of carboxylic acids is 1. The minimum Gasteiger partial charge on any atom is -0.480 e. The van der Waals surface area contributed by atoms with Gasteiger partial charge in [-0.1, -0.05) is 0 Å². The fourth-order valence-corrected chi connectivity index (χ4v) is 5.32. The maximum atomic E-state index is 11.7. The number of aliphatic carboxylic acids is 1. The van der Waals surface area contributed by atoms with E-state index in [1.54, 1.807) is 0 Å². The van der Waals surface area contributed by atoms with Gasteiger partial charge < -0.3 is 10.2 Å². The van der Waals surface area contributed by atoms with E-state index in [-0.39, 0.29) is 6.42 Å². The third kappa shape index (κ3) is 3.63. The summed E-state index contributed by atoms with van der Waals surface area (Å²) in [7, 11) is -8.03. The van der Waals surface area contributed by atoms with E-state index in [2.05, 4.69) is 0 Å². The summed E-state index contributed by atoms with van der Waals surface area (Å²) >= 11 is 0. The van der Waals surface area contributed by atoms with E-state index in [1.165, 1.54) is 0 Å². The minimum absolute atomic E-state index is 0.238. The topological polar surface area (TPSA) is 129 Å². The Labute approximate surface area is 98.8 Å². The predicted molar refractivity (Wildman–Crippen MR) is 57.4 cm³/mol. The number of sulfonamides is 1. The molecule has 1 rings (SSSR count). The zero-order valence-corrected chi connectivity index (χ0v) is 10.6. The Kier molecular flexibility index (Phi) is 3.81. The van der Waals surface area contributed by atoms with Crippen molar-refractivity contribution >= 4 is 25.8 Å². The van der Waals surface area contributed by atoms with Crippen LogP contribution in [0, 0.1) is 0 Å². The van der Waals surface area contributed by atoms with Gasteiger partial charge in [0.05, 0.1) is 6.10 Å². The van der Waals surface area contributed by atoms with Crippen molar-refractivity contribution in [3.05, 3.63) is 0 Å². The van der Waals surface area contributed by atoms with Crippen molar-refractivity contribution in [3.63, 3.8) is 0 Å². The Balaban J connectivity index is 3.02. The van der Waals surface area contributed by atoms with E-state index < -0.39 is 49.6 Å². The molecule has 1 saturated heterocycles.